The third kappa shape index (κ3) is 4.54. The molecule has 2 aromatic carbocycles. The summed E-state index contributed by atoms with van der Waals surface area (Å²) >= 11 is 0. The molecule has 1 unspecified atom stereocenters. The van der Waals surface area contributed by atoms with Crippen molar-refractivity contribution in [3.8, 4) is 5.75 Å². The van der Waals surface area contributed by atoms with Gasteiger partial charge in [0.2, 0.25) is 11.8 Å². The van der Waals surface area contributed by atoms with E-state index in [-0.39, 0.29) is 35.9 Å². The van der Waals surface area contributed by atoms with Crippen molar-refractivity contribution in [3.63, 3.8) is 0 Å². The maximum atomic E-state index is 13.1. The van der Waals surface area contributed by atoms with Gasteiger partial charge in [0.1, 0.15) is 5.75 Å². The van der Waals surface area contributed by atoms with Gasteiger partial charge in [-0.3, -0.25) is 14.4 Å². The van der Waals surface area contributed by atoms with Crippen LogP contribution in [0.3, 0.4) is 0 Å². The number of benzene rings is 2. The van der Waals surface area contributed by atoms with Crippen molar-refractivity contribution >= 4 is 23.3 Å². The number of carbonyl (C=O) groups excluding carboxylic acids is 3. The minimum absolute atomic E-state index is 0.00262. The van der Waals surface area contributed by atoms with Crippen LogP contribution < -0.4 is 9.64 Å². The number of Topliss-reactive ketones (excluding diaryl/α,β-unsaturated/α-hetero) is 1. The highest BCUT2D eigenvalue weighted by Gasteiger charge is 2.38. The number of rotatable bonds is 6. The summed E-state index contributed by atoms with van der Waals surface area (Å²) in [6.07, 6.45) is 2.50. The second kappa shape index (κ2) is 9.55. The molecule has 2 aliphatic rings. The van der Waals surface area contributed by atoms with Crippen molar-refractivity contribution in [1.82, 2.24) is 4.90 Å². The molecule has 0 N–H and O–H groups in total. The molecule has 2 amide bonds. The minimum atomic E-state index is -0.317. The number of piperidine rings is 1. The number of ether oxygens (including phenoxy) is 1. The average molecular weight is 435 g/mol. The molecule has 2 aliphatic heterocycles. The second-order valence-corrected chi connectivity index (χ2v) is 8.62. The van der Waals surface area contributed by atoms with Gasteiger partial charge in [-0.2, -0.15) is 0 Å². The molecule has 2 heterocycles. The van der Waals surface area contributed by atoms with Crippen LogP contribution in [-0.2, 0) is 16.0 Å². The van der Waals surface area contributed by atoms with Crippen LogP contribution in [0.25, 0.3) is 0 Å². The number of amides is 2. The van der Waals surface area contributed by atoms with E-state index in [1.165, 1.54) is 5.56 Å². The molecule has 1 atom stereocenters. The van der Waals surface area contributed by atoms with Crippen molar-refractivity contribution < 1.29 is 19.1 Å². The molecule has 6 nitrogen and oxygen atoms in total. The molecule has 0 spiro atoms. The first-order valence-corrected chi connectivity index (χ1v) is 11.4. The van der Waals surface area contributed by atoms with Gasteiger partial charge in [0.05, 0.1) is 13.0 Å². The number of ketones is 1. The highest BCUT2D eigenvalue weighted by Crippen LogP contribution is 2.29. The summed E-state index contributed by atoms with van der Waals surface area (Å²) in [7, 11) is 1.60. The van der Waals surface area contributed by atoms with E-state index in [1.54, 1.807) is 36.3 Å². The lowest BCUT2D eigenvalue weighted by atomic mass is 9.88. The lowest BCUT2D eigenvalue weighted by Gasteiger charge is -2.33. The Labute approximate surface area is 189 Å². The van der Waals surface area contributed by atoms with Gasteiger partial charge in [0, 0.05) is 43.2 Å². The van der Waals surface area contributed by atoms with E-state index in [0.29, 0.717) is 38.0 Å². The first-order valence-electron chi connectivity index (χ1n) is 11.4. The molecule has 0 radical (unpaired) electrons. The summed E-state index contributed by atoms with van der Waals surface area (Å²) < 4.78 is 5.15. The van der Waals surface area contributed by atoms with Crippen LogP contribution in [-0.4, -0.2) is 49.2 Å². The lowest BCUT2D eigenvalue weighted by molar-refractivity contribution is -0.137. The Hall–Kier alpha value is -3.15. The summed E-state index contributed by atoms with van der Waals surface area (Å²) in [4.78, 5) is 42.0. The number of hydrogen-bond donors (Lipinski definition) is 0. The van der Waals surface area contributed by atoms with E-state index in [9.17, 15) is 14.4 Å². The Bertz CT molecular complexity index is 976. The Balaban J connectivity index is 1.33. The van der Waals surface area contributed by atoms with E-state index >= 15 is 0 Å². The molecule has 0 aromatic heterocycles. The van der Waals surface area contributed by atoms with E-state index < -0.39 is 0 Å². The second-order valence-electron chi connectivity index (χ2n) is 8.62. The van der Waals surface area contributed by atoms with Crippen molar-refractivity contribution in [2.45, 2.75) is 32.6 Å². The molecule has 2 saturated heterocycles. The summed E-state index contributed by atoms with van der Waals surface area (Å²) in [5.41, 5.74) is 2.76. The van der Waals surface area contributed by atoms with E-state index in [2.05, 4.69) is 6.92 Å². The summed E-state index contributed by atoms with van der Waals surface area (Å²) in [5.74, 6) is 0.480. The van der Waals surface area contributed by atoms with Crippen molar-refractivity contribution in [2.24, 2.45) is 11.8 Å². The quantitative estimate of drug-likeness (QED) is 0.650. The van der Waals surface area contributed by atoms with Gasteiger partial charge in [-0.15, -0.1) is 0 Å². The zero-order valence-electron chi connectivity index (χ0n) is 18.8. The highest BCUT2D eigenvalue weighted by atomic mass is 16.5. The van der Waals surface area contributed by atoms with Crippen molar-refractivity contribution in [3.05, 3.63) is 59.7 Å². The maximum absolute atomic E-state index is 13.1. The number of nitrogens with zero attached hydrogens (tertiary/aromatic N) is 2. The Morgan fingerprint density at radius 1 is 0.969 bits per heavy atom. The molecule has 2 aromatic rings. The third-order valence-corrected chi connectivity index (χ3v) is 6.68. The van der Waals surface area contributed by atoms with Crippen LogP contribution in [0.15, 0.2) is 48.5 Å². The van der Waals surface area contributed by atoms with Gasteiger partial charge in [0.25, 0.3) is 0 Å². The molecule has 32 heavy (non-hydrogen) atoms. The van der Waals surface area contributed by atoms with Gasteiger partial charge in [-0.1, -0.05) is 19.1 Å². The van der Waals surface area contributed by atoms with Crippen molar-refractivity contribution in [2.75, 3.05) is 31.6 Å². The zero-order chi connectivity index (χ0) is 22.7. The molecular formula is C26H30N2O4. The summed E-state index contributed by atoms with van der Waals surface area (Å²) in [6, 6.07) is 15.2. The summed E-state index contributed by atoms with van der Waals surface area (Å²) in [6.45, 7) is 3.63. The number of methoxy groups -OCH3 is 1. The lowest BCUT2D eigenvalue weighted by Crippen LogP contribution is -2.43. The Morgan fingerprint density at radius 2 is 1.62 bits per heavy atom. The Morgan fingerprint density at radius 3 is 2.22 bits per heavy atom. The molecule has 0 aliphatic carbocycles. The van der Waals surface area contributed by atoms with Crippen LogP contribution in [0.1, 0.15) is 42.1 Å². The molecular weight excluding hydrogens is 404 g/mol. The average Bonchev–Trinajstić information content (AvgIpc) is 3.24. The summed E-state index contributed by atoms with van der Waals surface area (Å²) in [5, 5.41) is 0. The predicted molar refractivity (Wildman–Crippen MR) is 123 cm³/mol. The minimum Gasteiger partial charge on any atom is -0.497 e. The smallest absolute Gasteiger partial charge is 0.228 e. The van der Waals surface area contributed by atoms with E-state index in [4.69, 9.17) is 4.74 Å². The predicted octanol–water partition coefficient (Wildman–Crippen LogP) is 3.73. The van der Waals surface area contributed by atoms with Crippen LogP contribution in [0, 0.1) is 11.8 Å². The highest BCUT2D eigenvalue weighted by molar-refractivity contribution is 6.00. The van der Waals surface area contributed by atoms with E-state index in [0.717, 1.165) is 17.9 Å². The SMILES string of the molecule is CCc1ccc(N2CC(C(=O)N3CCC(C(=O)c4ccc(OC)cc4)CC3)CC2=O)cc1. The maximum Gasteiger partial charge on any atom is 0.228 e. The first kappa shape index (κ1) is 22.1. The van der Waals surface area contributed by atoms with Gasteiger partial charge < -0.3 is 14.5 Å². The van der Waals surface area contributed by atoms with Gasteiger partial charge in [-0.25, -0.2) is 0 Å². The molecule has 0 bridgehead atoms. The number of aryl methyl sites for hydroxylation is 1. The Kier molecular flexibility index (Phi) is 6.58. The van der Waals surface area contributed by atoms with Gasteiger partial charge >= 0.3 is 0 Å². The third-order valence-electron chi connectivity index (χ3n) is 6.68. The monoisotopic (exact) mass is 434 g/mol. The van der Waals surface area contributed by atoms with Crippen LogP contribution >= 0.6 is 0 Å². The number of anilines is 1. The van der Waals surface area contributed by atoms with Crippen molar-refractivity contribution in [1.29, 1.82) is 0 Å². The fourth-order valence-corrected chi connectivity index (χ4v) is 4.65. The number of likely N-dealkylation sites (tertiary alicyclic amines) is 1. The topological polar surface area (TPSA) is 66.9 Å². The van der Waals surface area contributed by atoms with E-state index in [1.807, 2.05) is 29.2 Å². The molecule has 2 fully saturated rings. The largest absolute Gasteiger partial charge is 0.497 e. The van der Waals surface area contributed by atoms with Crippen LogP contribution in [0.2, 0.25) is 0 Å². The molecule has 0 saturated carbocycles. The molecule has 168 valence electrons. The normalized spacial score (nSPS) is 19.3. The van der Waals surface area contributed by atoms with Crippen LogP contribution in [0.4, 0.5) is 5.69 Å². The fraction of sp³-hybridized carbons (Fsp3) is 0.423. The van der Waals surface area contributed by atoms with Gasteiger partial charge in [0.15, 0.2) is 5.78 Å². The zero-order valence-corrected chi connectivity index (χ0v) is 18.8. The first-order chi connectivity index (χ1) is 15.5. The number of hydrogen-bond acceptors (Lipinski definition) is 4. The standard InChI is InChI=1S/C26H30N2O4/c1-3-18-4-8-22(9-5-18)28-17-21(16-24(28)29)26(31)27-14-12-20(13-15-27)25(30)19-6-10-23(32-2)11-7-19/h4-11,20-21H,3,12-17H2,1-2H3. The van der Waals surface area contributed by atoms with Crippen LogP contribution in [0.5, 0.6) is 5.75 Å². The fourth-order valence-electron chi connectivity index (χ4n) is 4.65. The molecule has 6 heteroatoms. The molecule has 4 rings (SSSR count). The van der Waals surface area contributed by atoms with Gasteiger partial charge in [-0.05, 0) is 61.2 Å². The number of carbonyl (C=O) groups is 3.